The number of carbonyl (C=O) groups is 2. The van der Waals surface area contributed by atoms with E-state index in [0.29, 0.717) is 22.9 Å². The zero-order valence-corrected chi connectivity index (χ0v) is 35.9. The summed E-state index contributed by atoms with van der Waals surface area (Å²) in [6.07, 6.45) is 3.07. The van der Waals surface area contributed by atoms with Crippen molar-refractivity contribution in [1.82, 2.24) is 0 Å². The van der Waals surface area contributed by atoms with Crippen LogP contribution < -0.4 is 28.4 Å². The highest BCUT2D eigenvalue weighted by Crippen LogP contribution is 2.29. The Balaban J connectivity index is 0.000000241. The summed E-state index contributed by atoms with van der Waals surface area (Å²) >= 11 is 0. The first-order valence-corrected chi connectivity index (χ1v) is 22.6. The summed E-state index contributed by atoms with van der Waals surface area (Å²) in [5, 5.41) is 17.8. The van der Waals surface area contributed by atoms with Gasteiger partial charge in [-0.1, -0.05) is 55.8 Å². The number of carboxylic acids is 2. The molecule has 0 aromatic heterocycles. The van der Waals surface area contributed by atoms with E-state index in [4.69, 9.17) is 29.2 Å². The quantitative estimate of drug-likeness (QED) is 0.0500. The van der Waals surface area contributed by atoms with Crippen molar-refractivity contribution in [2.75, 3.05) is 35.9 Å². The van der Waals surface area contributed by atoms with Gasteiger partial charge in [0.15, 0.2) is 4.90 Å². The van der Waals surface area contributed by atoms with Crippen molar-refractivity contribution in [1.29, 1.82) is 0 Å². The van der Waals surface area contributed by atoms with Gasteiger partial charge in [-0.25, -0.2) is 35.2 Å². The molecular weight excluding hydrogens is 875 g/mol. The number of unbranched alkanes of at least 4 members (excludes halogenated alkanes) is 1. The summed E-state index contributed by atoms with van der Waals surface area (Å²) in [7, 11) is -8.31. The lowest BCUT2D eigenvalue weighted by atomic mass is 10.1. The average Bonchev–Trinajstić information content (AvgIpc) is 3.27. The Hall–Kier alpha value is -7.18. The van der Waals surface area contributed by atoms with E-state index >= 15 is 0 Å². The van der Waals surface area contributed by atoms with E-state index in [9.17, 15) is 35.2 Å². The fraction of sp³-hybridized carbons (Fsp3) is 0.174. The number of aryl methyl sites for hydroxylation is 1. The van der Waals surface area contributed by atoms with Crippen molar-refractivity contribution >= 4 is 43.4 Å². The number of hydrogen-bond donors (Lipinski definition) is 4. The second-order valence-corrected chi connectivity index (χ2v) is 16.9. The molecule has 6 rings (SSSR count). The van der Waals surface area contributed by atoms with Crippen LogP contribution in [0.15, 0.2) is 149 Å². The maximum Gasteiger partial charge on any atom is 0.335 e. The van der Waals surface area contributed by atoms with E-state index in [2.05, 4.69) is 16.4 Å². The molecular formula is C46H44F2N2O12S2. The second kappa shape index (κ2) is 22.8. The Morgan fingerprint density at radius 1 is 0.531 bits per heavy atom. The number of sulfonamides is 2. The topological polar surface area (TPSA) is 204 Å². The minimum Gasteiger partial charge on any atom is -0.490 e. The monoisotopic (exact) mass is 918 g/mol. The van der Waals surface area contributed by atoms with E-state index in [1.807, 2.05) is 12.1 Å². The molecule has 0 spiro atoms. The number of benzene rings is 6. The number of nitrogens with one attached hydrogen (secondary N) is 2. The predicted octanol–water partition coefficient (Wildman–Crippen LogP) is 8.91. The Morgan fingerprint density at radius 2 is 0.953 bits per heavy atom. The molecule has 64 heavy (non-hydrogen) atoms. The van der Waals surface area contributed by atoms with E-state index in [1.165, 1.54) is 54.6 Å². The fourth-order valence-electron chi connectivity index (χ4n) is 5.72. The lowest BCUT2D eigenvalue weighted by Crippen LogP contribution is -2.17. The molecule has 0 unspecified atom stereocenters. The Bertz CT molecular complexity index is 2700. The minimum absolute atomic E-state index is 0.00374. The average molecular weight is 919 g/mol. The van der Waals surface area contributed by atoms with Gasteiger partial charge in [0.05, 0.1) is 27.4 Å². The molecule has 0 amide bonds. The zero-order chi connectivity index (χ0) is 46.1. The lowest BCUT2D eigenvalue weighted by molar-refractivity contribution is 0.0686. The molecule has 0 atom stereocenters. The Labute approximate surface area is 369 Å². The van der Waals surface area contributed by atoms with Crippen LogP contribution in [0.25, 0.3) is 0 Å². The van der Waals surface area contributed by atoms with Gasteiger partial charge in [-0.3, -0.25) is 9.44 Å². The van der Waals surface area contributed by atoms with E-state index < -0.39 is 48.5 Å². The highest BCUT2D eigenvalue weighted by molar-refractivity contribution is 7.93. The maximum absolute atomic E-state index is 13.9. The Kier molecular flexibility index (Phi) is 17.0. The van der Waals surface area contributed by atoms with Gasteiger partial charge in [0.2, 0.25) is 0 Å². The van der Waals surface area contributed by atoms with Gasteiger partial charge >= 0.3 is 11.9 Å². The number of halogens is 2. The van der Waals surface area contributed by atoms with Gasteiger partial charge in [0.25, 0.3) is 20.0 Å². The third-order valence-corrected chi connectivity index (χ3v) is 11.7. The van der Waals surface area contributed by atoms with E-state index in [0.717, 1.165) is 43.0 Å². The van der Waals surface area contributed by atoms with Crippen LogP contribution in [0.2, 0.25) is 0 Å². The van der Waals surface area contributed by atoms with Crippen LogP contribution in [0.5, 0.6) is 23.0 Å². The number of aromatic carboxylic acids is 2. The molecule has 0 bridgehead atoms. The van der Waals surface area contributed by atoms with Crippen LogP contribution in [0.3, 0.4) is 0 Å². The third-order valence-electron chi connectivity index (χ3n) is 8.92. The van der Waals surface area contributed by atoms with Gasteiger partial charge in [-0.2, -0.15) is 0 Å². The van der Waals surface area contributed by atoms with Crippen molar-refractivity contribution in [3.8, 4) is 23.0 Å². The molecule has 0 aliphatic carbocycles. The molecule has 6 aromatic carbocycles. The fourth-order valence-corrected chi connectivity index (χ4v) is 8.00. The van der Waals surface area contributed by atoms with Crippen LogP contribution in [0.4, 0.5) is 20.2 Å². The van der Waals surface area contributed by atoms with Gasteiger partial charge in [0, 0.05) is 0 Å². The molecule has 336 valence electrons. The van der Waals surface area contributed by atoms with Crippen molar-refractivity contribution in [2.24, 2.45) is 0 Å². The van der Waals surface area contributed by atoms with Crippen molar-refractivity contribution in [2.45, 2.75) is 36.0 Å². The summed E-state index contributed by atoms with van der Waals surface area (Å²) in [5.41, 5.74) is 1.73. The number of hydrogen-bond acceptors (Lipinski definition) is 10. The number of carboxylic acid groups (broad SMARTS) is 2. The number of para-hydroxylation sites is 4. The second-order valence-electron chi connectivity index (χ2n) is 13.6. The molecule has 0 fully saturated rings. The molecule has 14 nitrogen and oxygen atoms in total. The van der Waals surface area contributed by atoms with Gasteiger partial charge in [-0.15, -0.1) is 0 Å². The number of anilines is 2. The van der Waals surface area contributed by atoms with Gasteiger partial charge < -0.3 is 29.2 Å². The molecule has 6 aromatic rings. The van der Waals surface area contributed by atoms with Crippen molar-refractivity contribution in [3.63, 3.8) is 0 Å². The molecule has 18 heteroatoms. The Morgan fingerprint density at radius 3 is 1.39 bits per heavy atom. The zero-order valence-electron chi connectivity index (χ0n) is 34.3. The normalized spacial score (nSPS) is 11.0. The van der Waals surface area contributed by atoms with Crippen LogP contribution >= 0.6 is 0 Å². The van der Waals surface area contributed by atoms with Gasteiger partial charge in [-0.05, 0) is 115 Å². The van der Waals surface area contributed by atoms with Crippen LogP contribution in [-0.4, -0.2) is 65.4 Å². The highest BCUT2D eigenvalue weighted by Gasteiger charge is 2.25. The standard InChI is InChI=1S/C25H27NO6S.C21H17F2NO6S/c1-2-3-6-19-9-15-22(16-10-19)33(29,30)26-23-7-4-5-8-24(23)32-18-17-31-21-13-11-20(12-14-21)25(27)28;22-16-4-3-5-17(23)20(16)31(27,28)24-18-6-1-2-7-19(18)30-13-12-29-15-10-8-14(9-11-15)21(25)26/h4-5,7-16,26H,2-3,6,17-18H2,1H3,(H,27,28);1-11,24H,12-13H2,(H,25,26). The lowest BCUT2D eigenvalue weighted by Gasteiger charge is -2.14. The number of rotatable bonds is 21. The third kappa shape index (κ3) is 13.9. The summed E-state index contributed by atoms with van der Waals surface area (Å²) in [5.74, 6) is -3.03. The van der Waals surface area contributed by atoms with E-state index in [-0.39, 0.29) is 53.9 Å². The maximum atomic E-state index is 13.9. The molecule has 0 saturated heterocycles. The van der Waals surface area contributed by atoms with Gasteiger partial charge in [0.1, 0.15) is 61.1 Å². The SMILES string of the molecule is CCCCc1ccc(S(=O)(=O)Nc2ccccc2OCCOc2ccc(C(=O)O)cc2)cc1.O=C(O)c1ccc(OCCOc2ccccc2NS(=O)(=O)c2c(F)cccc2F)cc1. The first-order valence-electron chi connectivity index (χ1n) is 19.6. The molecule has 0 aliphatic heterocycles. The number of ether oxygens (including phenoxy) is 4. The molecule has 4 N–H and O–H groups in total. The van der Waals surface area contributed by atoms with E-state index in [1.54, 1.807) is 54.6 Å². The van der Waals surface area contributed by atoms with Crippen LogP contribution in [0, 0.1) is 11.6 Å². The summed E-state index contributed by atoms with van der Waals surface area (Å²) in [6.45, 7) is 2.59. The summed E-state index contributed by atoms with van der Waals surface area (Å²) < 4.78 is 105. The first kappa shape index (κ1) is 47.9. The molecule has 0 radical (unpaired) electrons. The van der Waals surface area contributed by atoms with Crippen molar-refractivity contribution < 1.29 is 64.4 Å². The molecule has 0 saturated carbocycles. The van der Waals surface area contributed by atoms with Crippen molar-refractivity contribution in [3.05, 3.63) is 168 Å². The first-order chi connectivity index (χ1) is 30.7. The molecule has 0 aliphatic rings. The minimum atomic E-state index is -4.54. The smallest absolute Gasteiger partial charge is 0.335 e. The molecule has 0 heterocycles. The van der Waals surface area contributed by atoms with Crippen LogP contribution in [-0.2, 0) is 26.5 Å². The largest absolute Gasteiger partial charge is 0.490 e. The summed E-state index contributed by atoms with van der Waals surface area (Å²) in [4.78, 5) is 20.8. The van der Waals surface area contributed by atoms with Crippen LogP contribution in [0.1, 0.15) is 46.0 Å². The summed E-state index contributed by atoms with van der Waals surface area (Å²) in [6, 6.07) is 34.3. The predicted molar refractivity (Wildman–Crippen MR) is 235 cm³/mol. The highest BCUT2D eigenvalue weighted by atomic mass is 32.2.